The maximum absolute atomic E-state index is 2.36. The van der Waals surface area contributed by atoms with Gasteiger partial charge in [-0.3, -0.25) is 0 Å². The first-order valence-electron chi connectivity index (χ1n) is 4.22. The summed E-state index contributed by atoms with van der Waals surface area (Å²) < 4.78 is 0. The highest BCUT2D eigenvalue weighted by atomic mass is 14.1. The molecule has 0 saturated heterocycles. The molecule has 0 aliphatic rings. The topological polar surface area (TPSA) is 0 Å². The summed E-state index contributed by atoms with van der Waals surface area (Å²) in [6, 6.07) is 0. The first-order chi connectivity index (χ1) is 4.22. The molecule has 0 aromatic carbocycles. The van der Waals surface area contributed by atoms with Crippen molar-refractivity contribution in [2.75, 3.05) is 0 Å². The van der Waals surface area contributed by atoms with Crippen molar-refractivity contribution in [1.82, 2.24) is 0 Å². The molecule has 2 atom stereocenters. The Labute approximate surface area is 67.0 Å². The lowest BCUT2D eigenvalue weighted by Crippen LogP contribution is -2.05. The van der Waals surface area contributed by atoms with Gasteiger partial charge in [-0.25, -0.2) is 0 Å². The van der Waals surface area contributed by atoms with Crippen LogP contribution in [0.5, 0.6) is 0 Å². The van der Waals surface area contributed by atoms with Gasteiger partial charge in [0.05, 0.1) is 0 Å². The molecule has 0 heterocycles. The van der Waals surface area contributed by atoms with Crippen molar-refractivity contribution in [3.8, 4) is 0 Å². The fourth-order valence-electron chi connectivity index (χ4n) is 1.14. The highest BCUT2D eigenvalue weighted by Gasteiger charge is 2.07. The first kappa shape index (κ1) is 12.7. The van der Waals surface area contributed by atoms with E-state index in [0.717, 1.165) is 11.8 Å². The van der Waals surface area contributed by atoms with E-state index in [-0.39, 0.29) is 7.43 Å². The highest BCUT2D eigenvalue weighted by Crippen LogP contribution is 2.18. The smallest absolute Gasteiger partial charge is 0.0417 e. The van der Waals surface area contributed by atoms with Gasteiger partial charge >= 0.3 is 0 Å². The third kappa shape index (κ3) is 4.84. The summed E-state index contributed by atoms with van der Waals surface area (Å²) in [4.78, 5) is 0. The molecule has 0 aliphatic carbocycles. The lowest BCUT2D eigenvalue weighted by atomic mass is 9.90. The van der Waals surface area contributed by atoms with E-state index in [9.17, 15) is 0 Å². The number of hydrogen-bond donors (Lipinski definition) is 0. The number of rotatable bonds is 4. The van der Waals surface area contributed by atoms with Crippen molar-refractivity contribution in [2.45, 2.75) is 54.4 Å². The SMILES string of the molecule is C.CCC[C@@H](C)[C@@H](C)CC. The van der Waals surface area contributed by atoms with Crippen LogP contribution in [0.1, 0.15) is 54.4 Å². The molecule has 0 aliphatic heterocycles. The van der Waals surface area contributed by atoms with Gasteiger partial charge in [-0.1, -0.05) is 54.4 Å². The monoisotopic (exact) mass is 144 g/mol. The third-order valence-corrected chi connectivity index (χ3v) is 2.36. The summed E-state index contributed by atoms with van der Waals surface area (Å²) in [5.74, 6) is 1.85. The maximum atomic E-state index is 2.36. The largest absolute Gasteiger partial charge is 0.0776 e. The molecule has 0 fully saturated rings. The standard InChI is InChI=1S/C9H20.CH4/c1-5-7-9(4)8(3)6-2;/h8-9H,5-7H2,1-4H3;1H4/t8-,9+;/m0./s1. The van der Waals surface area contributed by atoms with Crippen molar-refractivity contribution >= 4 is 0 Å². The van der Waals surface area contributed by atoms with Crippen LogP contribution >= 0.6 is 0 Å². The summed E-state index contributed by atoms with van der Waals surface area (Å²) in [5.41, 5.74) is 0. The van der Waals surface area contributed by atoms with E-state index < -0.39 is 0 Å². The van der Waals surface area contributed by atoms with Crippen molar-refractivity contribution in [3.05, 3.63) is 0 Å². The molecule has 0 bridgehead atoms. The van der Waals surface area contributed by atoms with Crippen LogP contribution in [0.2, 0.25) is 0 Å². The lowest BCUT2D eigenvalue weighted by Gasteiger charge is -2.16. The molecule has 0 amide bonds. The molecule has 0 N–H and O–H groups in total. The van der Waals surface area contributed by atoms with Crippen LogP contribution in [0.4, 0.5) is 0 Å². The van der Waals surface area contributed by atoms with Gasteiger partial charge in [-0.05, 0) is 11.8 Å². The zero-order valence-electron chi connectivity index (χ0n) is 7.28. The second kappa shape index (κ2) is 7.11. The Hall–Kier alpha value is 0. The van der Waals surface area contributed by atoms with Crippen LogP contribution in [-0.2, 0) is 0 Å². The van der Waals surface area contributed by atoms with Gasteiger partial charge in [0.1, 0.15) is 0 Å². The quantitative estimate of drug-likeness (QED) is 0.557. The summed E-state index contributed by atoms with van der Waals surface area (Å²) in [5, 5.41) is 0. The Morgan fingerprint density at radius 1 is 1.00 bits per heavy atom. The van der Waals surface area contributed by atoms with Gasteiger partial charge in [-0.2, -0.15) is 0 Å². The summed E-state index contributed by atoms with van der Waals surface area (Å²) in [7, 11) is 0. The molecule has 64 valence electrons. The van der Waals surface area contributed by atoms with E-state index in [2.05, 4.69) is 27.7 Å². The second-order valence-corrected chi connectivity index (χ2v) is 3.15. The van der Waals surface area contributed by atoms with Gasteiger partial charge in [0.15, 0.2) is 0 Å². The Balaban J connectivity index is 0. The van der Waals surface area contributed by atoms with E-state index in [0.29, 0.717) is 0 Å². The van der Waals surface area contributed by atoms with Crippen molar-refractivity contribution < 1.29 is 0 Å². The minimum absolute atomic E-state index is 0. The highest BCUT2D eigenvalue weighted by molar-refractivity contribution is 4.58. The molecular formula is C10H24. The molecule has 0 unspecified atom stereocenters. The lowest BCUT2D eigenvalue weighted by molar-refractivity contribution is 0.352. The molecule has 0 rings (SSSR count). The van der Waals surface area contributed by atoms with E-state index in [1.54, 1.807) is 0 Å². The van der Waals surface area contributed by atoms with Crippen molar-refractivity contribution in [1.29, 1.82) is 0 Å². The van der Waals surface area contributed by atoms with Gasteiger partial charge < -0.3 is 0 Å². The fourth-order valence-corrected chi connectivity index (χ4v) is 1.14. The van der Waals surface area contributed by atoms with E-state index in [4.69, 9.17) is 0 Å². The van der Waals surface area contributed by atoms with E-state index in [1.165, 1.54) is 19.3 Å². The molecule has 10 heavy (non-hydrogen) atoms. The Kier molecular flexibility index (Phi) is 9.00. The summed E-state index contributed by atoms with van der Waals surface area (Å²) >= 11 is 0. The first-order valence-corrected chi connectivity index (χ1v) is 4.22. The summed E-state index contributed by atoms with van der Waals surface area (Å²) in [6.45, 7) is 9.24. The predicted octanol–water partition coefficient (Wildman–Crippen LogP) is 4.10. The van der Waals surface area contributed by atoms with Crippen molar-refractivity contribution in [3.63, 3.8) is 0 Å². The molecular weight excluding hydrogens is 120 g/mol. The average Bonchev–Trinajstić information content (AvgIpc) is 1.87. The molecule has 0 spiro atoms. The fraction of sp³-hybridized carbons (Fsp3) is 1.00. The molecule has 0 radical (unpaired) electrons. The Morgan fingerprint density at radius 3 is 1.80 bits per heavy atom. The predicted molar refractivity (Wildman–Crippen MR) is 50.3 cm³/mol. The normalized spacial score (nSPS) is 15.6. The second-order valence-electron chi connectivity index (χ2n) is 3.15. The molecule has 0 saturated carbocycles. The Bertz CT molecular complexity index is 57.1. The van der Waals surface area contributed by atoms with Crippen molar-refractivity contribution in [2.24, 2.45) is 11.8 Å². The van der Waals surface area contributed by atoms with Crippen LogP contribution < -0.4 is 0 Å². The zero-order valence-corrected chi connectivity index (χ0v) is 7.28. The summed E-state index contributed by atoms with van der Waals surface area (Å²) in [6.07, 6.45) is 4.07. The van der Waals surface area contributed by atoms with Crippen LogP contribution in [-0.4, -0.2) is 0 Å². The van der Waals surface area contributed by atoms with E-state index >= 15 is 0 Å². The van der Waals surface area contributed by atoms with Gasteiger partial charge in [-0.15, -0.1) is 0 Å². The molecule has 0 aromatic rings. The van der Waals surface area contributed by atoms with Gasteiger partial charge in [0.2, 0.25) is 0 Å². The van der Waals surface area contributed by atoms with Crippen LogP contribution in [0.3, 0.4) is 0 Å². The Morgan fingerprint density at radius 2 is 1.50 bits per heavy atom. The minimum Gasteiger partial charge on any atom is -0.0776 e. The van der Waals surface area contributed by atoms with Crippen LogP contribution in [0.25, 0.3) is 0 Å². The molecule has 0 aromatic heterocycles. The van der Waals surface area contributed by atoms with Crippen LogP contribution in [0.15, 0.2) is 0 Å². The zero-order chi connectivity index (χ0) is 7.28. The number of hydrogen-bond acceptors (Lipinski definition) is 0. The van der Waals surface area contributed by atoms with Gasteiger partial charge in [0, 0.05) is 0 Å². The maximum Gasteiger partial charge on any atom is -0.0417 e. The van der Waals surface area contributed by atoms with Gasteiger partial charge in [0.25, 0.3) is 0 Å². The minimum atomic E-state index is 0. The average molecular weight is 144 g/mol. The molecule has 0 nitrogen and oxygen atoms in total. The molecule has 0 heteroatoms. The van der Waals surface area contributed by atoms with Crippen LogP contribution in [0, 0.1) is 11.8 Å². The van der Waals surface area contributed by atoms with E-state index in [1.807, 2.05) is 0 Å². The third-order valence-electron chi connectivity index (χ3n) is 2.36.